The molecule has 2 atom stereocenters. The second-order valence-corrected chi connectivity index (χ2v) is 5.92. The summed E-state index contributed by atoms with van der Waals surface area (Å²) in [5.74, 6) is 1.15. The predicted molar refractivity (Wildman–Crippen MR) is 89.0 cm³/mol. The number of amides is 2. The molecule has 1 aliphatic rings. The molecule has 1 aromatic carbocycles. The van der Waals surface area contributed by atoms with Gasteiger partial charge in [-0.25, -0.2) is 9.18 Å². The summed E-state index contributed by atoms with van der Waals surface area (Å²) < 4.78 is 29.9. The smallest absolute Gasteiger partial charge is 0.315 e. The third kappa shape index (κ3) is 3.93. The Bertz CT molecular complexity index is 746. The fourth-order valence-corrected chi connectivity index (χ4v) is 2.90. The van der Waals surface area contributed by atoms with E-state index in [1.165, 1.54) is 6.07 Å². The molecular formula is C18H21FN2O4. The van der Waals surface area contributed by atoms with Crippen molar-refractivity contribution in [1.82, 2.24) is 10.6 Å². The highest BCUT2D eigenvalue weighted by Crippen LogP contribution is 2.34. The van der Waals surface area contributed by atoms with Gasteiger partial charge in [-0.3, -0.25) is 0 Å². The third-order valence-corrected chi connectivity index (χ3v) is 4.07. The maximum absolute atomic E-state index is 13.8. The quantitative estimate of drug-likeness (QED) is 0.870. The Morgan fingerprint density at radius 3 is 2.96 bits per heavy atom. The number of fused-ring (bicyclic) bond motifs is 1. The van der Waals surface area contributed by atoms with E-state index in [1.807, 2.05) is 13.0 Å². The van der Waals surface area contributed by atoms with Crippen LogP contribution in [0, 0.1) is 12.7 Å². The number of rotatable bonds is 5. The summed E-state index contributed by atoms with van der Waals surface area (Å²) in [4.78, 5) is 12.4. The Labute approximate surface area is 145 Å². The Kier molecular flexibility index (Phi) is 5.23. The average molecular weight is 348 g/mol. The van der Waals surface area contributed by atoms with Gasteiger partial charge in [-0.1, -0.05) is 12.1 Å². The molecule has 2 amide bonds. The fourth-order valence-electron chi connectivity index (χ4n) is 2.90. The summed E-state index contributed by atoms with van der Waals surface area (Å²) in [7, 11) is 1.56. The number of carbonyl (C=O) groups excluding carboxylic acids is 1. The van der Waals surface area contributed by atoms with Crippen molar-refractivity contribution in [1.29, 1.82) is 0 Å². The van der Waals surface area contributed by atoms with Gasteiger partial charge >= 0.3 is 6.03 Å². The topological polar surface area (TPSA) is 72.7 Å². The lowest BCUT2D eigenvalue weighted by Gasteiger charge is -2.27. The molecular weight excluding hydrogens is 327 g/mol. The molecule has 25 heavy (non-hydrogen) atoms. The van der Waals surface area contributed by atoms with Crippen LogP contribution in [0.5, 0.6) is 5.75 Å². The fraction of sp³-hybridized carbons (Fsp3) is 0.389. The predicted octanol–water partition coefficient (Wildman–Crippen LogP) is 3.24. The Balaban J connectivity index is 1.69. The molecule has 0 spiro atoms. The summed E-state index contributed by atoms with van der Waals surface area (Å²) in [6.45, 7) is 2.46. The van der Waals surface area contributed by atoms with Crippen LogP contribution in [-0.4, -0.2) is 26.4 Å². The third-order valence-electron chi connectivity index (χ3n) is 4.07. The maximum Gasteiger partial charge on any atom is 0.315 e. The highest BCUT2D eigenvalue weighted by atomic mass is 19.1. The Hall–Kier alpha value is -2.54. The van der Waals surface area contributed by atoms with Gasteiger partial charge in [0.1, 0.15) is 17.6 Å². The lowest BCUT2D eigenvalue weighted by Crippen LogP contribution is -2.42. The zero-order chi connectivity index (χ0) is 17.8. The number of aryl methyl sites for hydroxylation is 1. The van der Waals surface area contributed by atoms with Crippen molar-refractivity contribution in [2.24, 2.45) is 0 Å². The van der Waals surface area contributed by atoms with E-state index >= 15 is 0 Å². The van der Waals surface area contributed by atoms with Crippen LogP contribution in [0.15, 0.2) is 34.7 Å². The summed E-state index contributed by atoms with van der Waals surface area (Å²) in [5, 5.41) is 5.71. The molecule has 0 radical (unpaired) electrons. The maximum atomic E-state index is 13.8. The number of urea groups is 1. The summed E-state index contributed by atoms with van der Waals surface area (Å²) in [5.41, 5.74) is 0.638. The number of hydrogen-bond acceptors (Lipinski definition) is 4. The van der Waals surface area contributed by atoms with Crippen LogP contribution in [0.25, 0.3) is 0 Å². The number of carbonyl (C=O) groups is 1. The van der Waals surface area contributed by atoms with E-state index in [0.29, 0.717) is 24.4 Å². The van der Waals surface area contributed by atoms with E-state index in [1.54, 1.807) is 25.3 Å². The van der Waals surface area contributed by atoms with Crippen molar-refractivity contribution in [2.75, 3.05) is 20.3 Å². The van der Waals surface area contributed by atoms with Crippen LogP contribution in [0.1, 0.15) is 35.6 Å². The zero-order valence-corrected chi connectivity index (χ0v) is 14.2. The molecule has 7 heteroatoms. The molecule has 134 valence electrons. The van der Waals surface area contributed by atoms with E-state index in [0.717, 1.165) is 5.76 Å². The van der Waals surface area contributed by atoms with Gasteiger partial charge in [-0.2, -0.15) is 0 Å². The van der Waals surface area contributed by atoms with Crippen LogP contribution in [0.2, 0.25) is 0 Å². The molecule has 2 N–H and O–H groups in total. The van der Waals surface area contributed by atoms with Gasteiger partial charge in [0.05, 0.1) is 19.3 Å². The number of methoxy groups -OCH3 is 1. The van der Waals surface area contributed by atoms with Crippen molar-refractivity contribution in [3.8, 4) is 5.75 Å². The zero-order valence-electron chi connectivity index (χ0n) is 14.2. The van der Waals surface area contributed by atoms with Crippen LogP contribution >= 0.6 is 0 Å². The van der Waals surface area contributed by atoms with Crippen LogP contribution in [-0.2, 0) is 4.74 Å². The highest BCUT2D eigenvalue weighted by Gasteiger charge is 2.26. The number of ether oxygens (including phenoxy) is 2. The van der Waals surface area contributed by atoms with Gasteiger partial charge < -0.3 is 24.5 Å². The van der Waals surface area contributed by atoms with Crippen molar-refractivity contribution in [3.05, 3.63) is 53.2 Å². The standard InChI is InChI=1S/C18H21FN2O4/c1-11-6-7-16(25-11)15(10-23-2)21-18(22)20-14-8-9-24-17-12(14)4-3-5-13(17)19/h3-7,14-15H,8-10H2,1-2H3,(H2,20,21,22)/t14-,15-/m0/s1. The van der Waals surface area contributed by atoms with Crippen molar-refractivity contribution in [3.63, 3.8) is 0 Å². The minimum Gasteiger partial charge on any atom is -0.490 e. The van der Waals surface area contributed by atoms with Gasteiger partial charge in [0.15, 0.2) is 11.6 Å². The lowest BCUT2D eigenvalue weighted by atomic mass is 10.0. The number of para-hydroxylation sites is 1. The van der Waals surface area contributed by atoms with Crippen molar-refractivity contribution >= 4 is 6.03 Å². The number of furan rings is 1. The molecule has 0 saturated carbocycles. The van der Waals surface area contributed by atoms with E-state index in [-0.39, 0.29) is 24.4 Å². The van der Waals surface area contributed by atoms with Gasteiger partial charge in [0, 0.05) is 19.1 Å². The molecule has 1 aromatic heterocycles. The van der Waals surface area contributed by atoms with Crippen LogP contribution in [0.4, 0.5) is 9.18 Å². The van der Waals surface area contributed by atoms with E-state index in [9.17, 15) is 9.18 Å². The molecule has 0 unspecified atom stereocenters. The lowest BCUT2D eigenvalue weighted by molar-refractivity contribution is 0.155. The first-order chi connectivity index (χ1) is 12.1. The van der Waals surface area contributed by atoms with E-state index < -0.39 is 11.9 Å². The highest BCUT2D eigenvalue weighted by molar-refractivity contribution is 5.75. The number of benzene rings is 1. The average Bonchev–Trinajstić information content (AvgIpc) is 3.02. The van der Waals surface area contributed by atoms with Gasteiger partial charge in [-0.05, 0) is 25.1 Å². The summed E-state index contributed by atoms with van der Waals surface area (Å²) in [6.07, 6.45) is 0.568. The molecule has 2 aromatic rings. The second-order valence-electron chi connectivity index (χ2n) is 5.92. The number of nitrogens with one attached hydrogen (secondary N) is 2. The summed E-state index contributed by atoms with van der Waals surface area (Å²) >= 11 is 0. The first-order valence-corrected chi connectivity index (χ1v) is 8.12. The van der Waals surface area contributed by atoms with Gasteiger partial charge in [-0.15, -0.1) is 0 Å². The van der Waals surface area contributed by atoms with Crippen LogP contribution in [0.3, 0.4) is 0 Å². The SMILES string of the molecule is COC[C@H](NC(=O)N[C@H]1CCOc2c(F)cccc21)c1ccc(C)o1. The Morgan fingerprint density at radius 2 is 2.24 bits per heavy atom. The molecule has 0 fully saturated rings. The molecule has 3 rings (SSSR count). The molecule has 0 aliphatic carbocycles. The van der Waals surface area contributed by atoms with E-state index in [4.69, 9.17) is 13.9 Å². The van der Waals surface area contributed by atoms with Crippen LogP contribution < -0.4 is 15.4 Å². The molecule has 0 bridgehead atoms. The minimum absolute atomic E-state index is 0.203. The summed E-state index contributed by atoms with van der Waals surface area (Å²) in [6, 6.07) is 7.23. The Morgan fingerprint density at radius 1 is 1.40 bits per heavy atom. The van der Waals surface area contributed by atoms with Gasteiger partial charge in [0.25, 0.3) is 0 Å². The first-order valence-electron chi connectivity index (χ1n) is 8.12. The molecule has 1 aliphatic heterocycles. The first kappa shape index (κ1) is 17.3. The monoisotopic (exact) mass is 348 g/mol. The second kappa shape index (κ2) is 7.57. The molecule has 2 heterocycles. The van der Waals surface area contributed by atoms with Crippen molar-refractivity contribution in [2.45, 2.75) is 25.4 Å². The number of halogens is 1. The molecule has 0 saturated heterocycles. The largest absolute Gasteiger partial charge is 0.490 e. The van der Waals surface area contributed by atoms with Crippen molar-refractivity contribution < 1.29 is 23.1 Å². The van der Waals surface area contributed by atoms with E-state index in [2.05, 4.69) is 10.6 Å². The minimum atomic E-state index is -0.423. The normalized spacial score (nSPS) is 17.3. The number of hydrogen-bond donors (Lipinski definition) is 2. The van der Waals surface area contributed by atoms with Gasteiger partial charge in [0.2, 0.25) is 0 Å². The molecule has 6 nitrogen and oxygen atoms in total.